The van der Waals surface area contributed by atoms with Gasteiger partial charge in [-0.3, -0.25) is 4.79 Å². The van der Waals surface area contributed by atoms with Gasteiger partial charge >= 0.3 is 0 Å². The molecule has 0 aliphatic heterocycles. The van der Waals surface area contributed by atoms with Gasteiger partial charge in [-0.15, -0.1) is 0 Å². The third kappa shape index (κ3) is 4.98. The van der Waals surface area contributed by atoms with Crippen molar-refractivity contribution in [2.45, 2.75) is 27.2 Å². The minimum atomic E-state index is -0.237. The molecule has 0 aliphatic carbocycles. The lowest BCUT2D eigenvalue weighted by Gasteiger charge is -2.24. The topological polar surface area (TPSA) is 80.9 Å². The molecule has 0 fully saturated rings. The van der Waals surface area contributed by atoms with Crippen molar-refractivity contribution >= 4 is 23.3 Å². The quantitative estimate of drug-likeness (QED) is 0.821. The second kappa shape index (κ2) is 6.11. The Hall–Kier alpha value is -1.20. The fourth-order valence-corrected chi connectivity index (χ4v) is 1.80. The lowest BCUT2D eigenvalue weighted by molar-refractivity contribution is -0.120. The first kappa shape index (κ1) is 14.9. The number of halogens is 1. The van der Waals surface area contributed by atoms with E-state index in [1.54, 1.807) is 6.07 Å². The molecule has 1 aromatic heterocycles. The van der Waals surface area contributed by atoms with Gasteiger partial charge in [-0.05, 0) is 29.5 Å². The van der Waals surface area contributed by atoms with Crippen LogP contribution in [0.2, 0.25) is 5.28 Å². The monoisotopic (exact) mass is 270 g/mol. The number of aromatic nitrogens is 2. The molecule has 5 nitrogen and oxygen atoms in total. The van der Waals surface area contributed by atoms with Gasteiger partial charge in [0.15, 0.2) is 0 Å². The predicted octanol–water partition coefficient (Wildman–Crippen LogP) is 2.08. The van der Waals surface area contributed by atoms with Crippen LogP contribution in [0.3, 0.4) is 0 Å². The summed E-state index contributed by atoms with van der Waals surface area (Å²) in [5, 5.41) is 2.81. The zero-order valence-electron chi connectivity index (χ0n) is 10.9. The summed E-state index contributed by atoms with van der Waals surface area (Å²) in [6.07, 6.45) is 2.21. The van der Waals surface area contributed by atoms with E-state index in [0.29, 0.717) is 18.8 Å². The van der Waals surface area contributed by atoms with Crippen molar-refractivity contribution in [3.63, 3.8) is 0 Å². The van der Waals surface area contributed by atoms with E-state index in [0.717, 1.165) is 0 Å². The molecule has 1 amide bonds. The standard InChI is InChI=1S/C12H19ClN4O/c1-12(2,3)6-8(7-14)10(18)16-9-4-5-15-11(13)17-9/h4-5,8H,6-7,14H2,1-3H3,(H,15,16,17,18). The largest absolute Gasteiger partial charge is 0.330 e. The number of carbonyl (C=O) groups excluding carboxylic acids is 1. The lowest BCUT2D eigenvalue weighted by atomic mass is 9.84. The molecule has 0 bridgehead atoms. The van der Waals surface area contributed by atoms with Crippen LogP contribution in [-0.4, -0.2) is 22.4 Å². The highest BCUT2D eigenvalue weighted by Gasteiger charge is 2.24. The SMILES string of the molecule is CC(C)(C)CC(CN)C(=O)Nc1ccnc(Cl)n1. The second-order valence-corrected chi connectivity index (χ2v) is 5.74. The summed E-state index contributed by atoms with van der Waals surface area (Å²) in [6.45, 7) is 6.53. The van der Waals surface area contributed by atoms with Crippen molar-refractivity contribution in [1.82, 2.24) is 9.97 Å². The van der Waals surface area contributed by atoms with Gasteiger partial charge in [0.25, 0.3) is 0 Å². The zero-order valence-corrected chi connectivity index (χ0v) is 11.7. The minimum absolute atomic E-state index is 0.0463. The number of amides is 1. The van der Waals surface area contributed by atoms with Crippen molar-refractivity contribution < 1.29 is 4.79 Å². The smallest absolute Gasteiger partial charge is 0.229 e. The number of hydrogen-bond donors (Lipinski definition) is 2. The molecule has 1 atom stereocenters. The van der Waals surface area contributed by atoms with Crippen LogP contribution in [-0.2, 0) is 4.79 Å². The molecule has 1 heterocycles. The Bertz CT molecular complexity index is 417. The Morgan fingerprint density at radius 1 is 1.56 bits per heavy atom. The van der Waals surface area contributed by atoms with E-state index in [4.69, 9.17) is 17.3 Å². The molecule has 0 radical (unpaired) electrons. The van der Waals surface area contributed by atoms with Crippen LogP contribution in [0.15, 0.2) is 12.3 Å². The average molecular weight is 271 g/mol. The van der Waals surface area contributed by atoms with Gasteiger partial charge in [-0.25, -0.2) is 9.97 Å². The van der Waals surface area contributed by atoms with Gasteiger partial charge in [-0.2, -0.15) is 0 Å². The van der Waals surface area contributed by atoms with Gasteiger partial charge in [0.05, 0.1) is 5.92 Å². The highest BCUT2D eigenvalue weighted by atomic mass is 35.5. The summed E-state index contributed by atoms with van der Waals surface area (Å²) >= 11 is 5.65. The van der Waals surface area contributed by atoms with Gasteiger partial charge in [-0.1, -0.05) is 20.8 Å². The molecule has 0 saturated heterocycles. The molecule has 0 saturated carbocycles. The molecule has 1 rings (SSSR count). The van der Waals surface area contributed by atoms with Crippen LogP contribution in [0.5, 0.6) is 0 Å². The third-order valence-electron chi connectivity index (χ3n) is 2.39. The maximum Gasteiger partial charge on any atom is 0.229 e. The number of rotatable bonds is 4. The molecule has 100 valence electrons. The molecule has 3 N–H and O–H groups in total. The average Bonchev–Trinajstić information content (AvgIpc) is 2.24. The first-order chi connectivity index (χ1) is 8.31. The van der Waals surface area contributed by atoms with E-state index < -0.39 is 0 Å². The molecule has 0 aliphatic rings. The Kier molecular flexibility index (Phi) is 5.04. The number of carbonyl (C=O) groups is 1. The number of nitrogens with one attached hydrogen (secondary N) is 1. The van der Waals surface area contributed by atoms with E-state index in [-0.39, 0.29) is 22.5 Å². The third-order valence-corrected chi connectivity index (χ3v) is 2.57. The van der Waals surface area contributed by atoms with Crippen LogP contribution in [0, 0.1) is 11.3 Å². The Morgan fingerprint density at radius 3 is 2.72 bits per heavy atom. The fourth-order valence-electron chi connectivity index (χ4n) is 1.66. The number of nitrogens with zero attached hydrogens (tertiary/aromatic N) is 2. The normalized spacial score (nSPS) is 13.2. The predicted molar refractivity (Wildman–Crippen MR) is 72.3 cm³/mol. The Balaban J connectivity index is 2.68. The molecule has 0 aromatic carbocycles. The van der Waals surface area contributed by atoms with Crippen LogP contribution in [0.1, 0.15) is 27.2 Å². The number of nitrogens with two attached hydrogens (primary N) is 1. The van der Waals surface area contributed by atoms with E-state index >= 15 is 0 Å². The van der Waals surface area contributed by atoms with E-state index in [9.17, 15) is 4.79 Å². The van der Waals surface area contributed by atoms with E-state index in [1.165, 1.54) is 6.20 Å². The highest BCUT2D eigenvalue weighted by Crippen LogP contribution is 2.24. The Labute approximate surface area is 112 Å². The highest BCUT2D eigenvalue weighted by molar-refractivity contribution is 6.28. The first-order valence-electron chi connectivity index (χ1n) is 5.81. The van der Waals surface area contributed by atoms with Crippen LogP contribution >= 0.6 is 11.6 Å². The molecule has 18 heavy (non-hydrogen) atoms. The summed E-state index contributed by atoms with van der Waals surface area (Å²) < 4.78 is 0. The lowest BCUT2D eigenvalue weighted by Crippen LogP contribution is -2.32. The molecule has 1 unspecified atom stereocenters. The molecule has 1 aromatic rings. The van der Waals surface area contributed by atoms with Crippen LogP contribution in [0.4, 0.5) is 5.82 Å². The summed E-state index contributed by atoms with van der Waals surface area (Å²) in [5.41, 5.74) is 5.69. The molecule has 6 heteroatoms. The van der Waals surface area contributed by atoms with E-state index in [2.05, 4.69) is 36.1 Å². The number of anilines is 1. The van der Waals surface area contributed by atoms with Gasteiger partial charge in [0.1, 0.15) is 5.82 Å². The second-order valence-electron chi connectivity index (χ2n) is 5.40. The van der Waals surface area contributed by atoms with Crippen LogP contribution < -0.4 is 11.1 Å². The van der Waals surface area contributed by atoms with Crippen LogP contribution in [0.25, 0.3) is 0 Å². The number of hydrogen-bond acceptors (Lipinski definition) is 4. The van der Waals surface area contributed by atoms with Crippen molar-refractivity contribution in [3.05, 3.63) is 17.5 Å². The van der Waals surface area contributed by atoms with E-state index in [1.807, 2.05) is 0 Å². The zero-order chi connectivity index (χ0) is 13.8. The van der Waals surface area contributed by atoms with Crippen molar-refractivity contribution in [2.24, 2.45) is 17.1 Å². The molecule has 0 spiro atoms. The van der Waals surface area contributed by atoms with Crippen molar-refractivity contribution in [3.8, 4) is 0 Å². The summed E-state index contributed by atoms with van der Waals surface area (Å²) in [7, 11) is 0. The Morgan fingerprint density at radius 2 is 2.22 bits per heavy atom. The summed E-state index contributed by atoms with van der Waals surface area (Å²) in [4.78, 5) is 19.7. The summed E-state index contributed by atoms with van der Waals surface area (Å²) in [6, 6.07) is 1.59. The van der Waals surface area contributed by atoms with Gasteiger partial charge in [0, 0.05) is 12.7 Å². The maximum atomic E-state index is 12.0. The maximum absolute atomic E-state index is 12.0. The van der Waals surface area contributed by atoms with Crippen molar-refractivity contribution in [2.75, 3.05) is 11.9 Å². The molecular weight excluding hydrogens is 252 g/mol. The van der Waals surface area contributed by atoms with Crippen molar-refractivity contribution in [1.29, 1.82) is 0 Å². The molecular formula is C12H19ClN4O. The minimum Gasteiger partial charge on any atom is -0.330 e. The van der Waals surface area contributed by atoms with Gasteiger partial charge < -0.3 is 11.1 Å². The summed E-state index contributed by atoms with van der Waals surface area (Å²) in [5.74, 6) is 0.0216. The fraction of sp³-hybridized carbons (Fsp3) is 0.583. The first-order valence-corrected chi connectivity index (χ1v) is 6.19. The van der Waals surface area contributed by atoms with Gasteiger partial charge in [0.2, 0.25) is 11.2 Å².